The molecule has 1 aromatic carbocycles. The van der Waals surface area contributed by atoms with Crippen molar-refractivity contribution in [1.82, 2.24) is 9.88 Å². The average molecular weight is 435 g/mol. The highest BCUT2D eigenvalue weighted by atomic mass is 19.2. The number of ketones is 1. The van der Waals surface area contributed by atoms with Crippen molar-refractivity contribution in [3.63, 3.8) is 0 Å². The minimum atomic E-state index is -1.73. The number of pyridine rings is 1. The molecule has 2 N–H and O–H groups in total. The Morgan fingerprint density at radius 3 is 2.58 bits per heavy atom. The lowest BCUT2D eigenvalue weighted by Crippen LogP contribution is -2.41. The fourth-order valence-corrected chi connectivity index (χ4v) is 3.41. The van der Waals surface area contributed by atoms with Crippen molar-refractivity contribution in [2.45, 2.75) is 32.6 Å². The van der Waals surface area contributed by atoms with Gasteiger partial charge in [-0.25, -0.2) is 13.2 Å². The number of aromatic amines is 1. The average Bonchev–Trinajstić information content (AvgIpc) is 2.73. The Morgan fingerprint density at radius 2 is 1.87 bits per heavy atom. The van der Waals surface area contributed by atoms with Crippen LogP contribution in [-0.2, 0) is 11.2 Å². The van der Waals surface area contributed by atoms with Crippen LogP contribution >= 0.6 is 0 Å². The van der Waals surface area contributed by atoms with Crippen LogP contribution in [0.4, 0.5) is 18.9 Å². The number of rotatable bonds is 6. The summed E-state index contributed by atoms with van der Waals surface area (Å²) in [5.41, 5.74) is -0.781. The van der Waals surface area contributed by atoms with Crippen molar-refractivity contribution >= 4 is 23.3 Å². The first kappa shape index (κ1) is 22.3. The van der Waals surface area contributed by atoms with Crippen LogP contribution < -0.4 is 10.9 Å². The van der Waals surface area contributed by atoms with Crippen LogP contribution in [0.1, 0.15) is 52.6 Å². The molecule has 2 aromatic rings. The van der Waals surface area contributed by atoms with Gasteiger partial charge in [0.2, 0.25) is 5.91 Å². The minimum absolute atomic E-state index is 0.0942. The van der Waals surface area contributed by atoms with E-state index >= 15 is 0 Å². The molecular weight excluding hydrogens is 415 g/mol. The lowest BCUT2D eigenvalue weighted by atomic mass is 9.93. The molecule has 0 spiro atoms. The molecule has 0 saturated carbocycles. The molecule has 1 aliphatic rings. The zero-order chi connectivity index (χ0) is 22.7. The molecule has 0 saturated heterocycles. The van der Waals surface area contributed by atoms with E-state index in [4.69, 9.17) is 0 Å². The fraction of sp³-hybridized carbons (Fsp3) is 0.333. The summed E-state index contributed by atoms with van der Waals surface area (Å²) in [7, 11) is 0. The minimum Gasteiger partial charge on any atom is -0.329 e. The van der Waals surface area contributed by atoms with E-state index in [0.29, 0.717) is 37.4 Å². The van der Waals surface area contributed by atoms with Crippen molar-refractivity contribution in [3.05, 3.63) is 62.8 Å². The molecule has 31 heavy (non-hydrogen) atoms. The van der Waals surface area contributed by atoms with Gasteiger partial charge in [0.1, 0.15) is 12.1 Å². The predicted octanol–water partition coefficient (Wildman–Crippen LogP) is 2.80. The van der Waals surface area contributed by atoms with Gasteiger partial charge in [-0.3, -0.25) is 19.2 Å². The van der Waals surface area contributed by atoms with Crippen LogP contribution in [0.25, 0.3) is 0 Å². The molecule has 1 aromatic heterocycles. The maximum absolute atomic E-state index is 13.8. The maximum Gasteiger partial charge on any atom is 0.261 e. The van der Waals surface area contributed by atoms with Gasteiger partial charge in [0, 0.05) is 24.2 Å². The van der Waals surface area contributed by atoms with Gasteiger partial charge in [-0.15, -0.1) is 0 Å². The number of halogens is 3. The molecule has 0 atom stereocenters. The first-order chi connectivity index (χ1) is 14.7. The number of aryl methyl sites for hydroxylation is 1. The summed E-state index contributed by atoms with van der Waals surface area (Å²) in [4.78, 5) is 53.4. The van der Waals surface area contributed by atoms with Crippen LogP contribution in [0.2, 0.25) is 0 Å². The van der Waals surface area contributed by atoms with E-state index < -0.39 is 47.1 Å². The highest BCUT2D eigenvalue weighted by Crippen LogP contribution is 2.21. The van der Waals surface area contributed by atoms with Crippen molar-refractivity contribution in [2.75, 3.05) is 18.4 Å². The molecule has 0 aliphatic heterocycles. The lowest BCUT2D eigenvalue weighted by molar-refractivity contribution is -0.116. The first-order valence-corrected chi connectivity index (χ1v) is 9.75. The molecule has 1 heterocycles. The molecule has 0 unspecified atom stereocenters. The number of amides is 2. The number of Topliss-reactive ketones (excluding diaryl/α,β-unsaturated/α-hetero) is 1. The zero-order valence-corrected chi connectivity index (χ0v) is 16.7. The number of hydrogen-bond donors (Lipinski definition) is 2. The highest BCUT2D eigenvalue weighted by Gasteiger charge is 2.26. The van der Waals surface area contributed by atoms with Crippen LogP contribution in [0.3, 0.4) is 0 Å². The fourth-order valence-electron chi connectivity index (χ4n) is 3.41. The van der Waals surface area contributed by atoms with Gasteiger partial charge in [0.05, 0.1) is 5.69 Å². The van der Waals surface area contributed by atoms with Gasteiger partial charge >= 0.3 is 0 Å². The van der Waals surface area contributed by atoms with E-state index in [1.54, 1.807) is 6.92 Å². The molecule has 2 amide bonds. The smallest absolute Gasteiger partial charge is 0.261 e. The number of carbonyl (C=O) groups is 3. The van der Waals surface area contributed by atoms with Gasteiger partial charge in [0.15, 0.2) is 23.2 Å². The van der Waals surface area contributed by atoms with Crippen LogP contribution in [0, 0.1) is 17.5 Å². The van der Waals surface area contributed by atoms with Gasteiger partial charge in [-0.05, 0) is 37.5 Å². The van der Waals surface area contributed by atoms with Gasteiger partial charge in [-0.1, -0.05) is 6.92 Å². The van der Waals surface area contributed by atoms with Gasteiger partial charge in [-0.2, -0.15) is 0 Å². The Labute approximate surface area is 175 Å². The maximum atomic E-state index is 13.8. The molecule has 164 valence electrons. The van der Waals surface area contributed by atoms with Crippen LogP contribution in [0.5, 0.6) is 0 Å². The zero-order valence-electron chi connectivity index (χ0n) is 16.7. The van der Waals surface area contributed by atoms with E-state index in [1.165, 1.54) is 6.07 Å². The number of hydrogen-bond acceptors (Lipinski definition) is 4. The molecule has 10 heteroatoms. The topological polar surface area (TPSA) is 99.3 Å². The Hall–Kier alpha value is -3.43. The number of nitrogens with one attached hydrogen (secondary N) is 2. The molecule has 0 fully saturated rings. The third kappa shape index (κ3) is 4.68. The second-order valence-electron chi connectivity index (χ2n) is 7.18. The molecule has 0 radical (unpaired) electrons. The standard InChI is InChI=1S/C21H20F3N3O4/c1-2-8-27(10-17(29)25-15-7-6-13(22)18(23)19(15)24)21(31)12-9-11-14(26-20(12)30)4-3-5-16(11)28/h6-7,9H,2-5,8,10H2,1H3,(H,25,29)(H,26,30). The SMILES string of the molecule is CCCN(CC(=O)Nc1ccc(F)c(F)c1F)C(=O)c1cc2c([nH]c1=O)CCCC2=O. The quantitative estimate of drug-likeness (QED) is 0.682. The number of fused-ring (bicyclic) bond motifs is 1. The van der Waals surface area contributed by atoms with Gasteiger partial charge in [0.25, 0.3) is 11.5 Å². The molecule has 3 rings (SSSR count). The summed E-state index contributed by atoms with van der Waals surface area (Å²) in [6, 6.07) is 2.76. The number of benzene rings is 1. The van der Waals surface area contributed by atoms with Crippen LogP contribution in [0.15, 0.2) is 23.0 Å². The normalized spacial score (nSPS) is 13.0. The molecule has 1 aliphatic carbocycles. The molecule has 0 bridgehead atoms. The second kappa shape index (κ2) is 9.15. The van der Waals surface area contributed by atoms with E-state index in [0.717, 1.165) is 11.0 Å². The van der Waals surface area contributed by atoms with Crippen LogP contribution in [-0.4, -0.2) is 40.6 Å². The number of aromatic nitrogens is 1. The number of anilines is 1. The van der Waals surface area contributed by atoms with E-state index in [1.807, 2.05) is 0 Å². The van der Waals surface area contributed by atoms with E-state index in [9.17, 15) is 32.3 Å². The van der Waals surface area contributed by atoms with Crippen molar-refractivity contribution < 1.29 is 27.6 Å². The van der Waals surface area contributed by atoms with E-state index in [2.05, 4.69) is 10.3 Å². The summed E-state index contributed by atoms with van der Waals surface area (Å²) >= 11 is 0. The van der Waals surface area contributed by atoms with Crippen molar-refractivity contribution in [1.29, 1.82) is 0 Å². The Balaban J connectivity index is 1.82. The highest BCUT2D eigenvalue weighted by molar-refractivity contribution is 6.03. The summed E-state index contributed by atoms with van der Waals surface area (Å²) in [6.07, 6.45) is 1.89. The summed E-state index contributed by atoms with van der Waals surface area (Å²) < 4.78 is 40.2. The van der Waals surface area contributed by atoms with E-state index in [-0.39, 0.29) is 23.5 Å². The summed E-state index contributed by atoms with van der Waals surface area (Å²) in [5, 5.41) is 2.09. The first-order valence-electron chi connectivity index (χ1n) is 9.75. The Bertz CT molecular complexity index is 1110. The third-order valence-corrected chi connectivity index (χ3v) is 4.91. The Morgan fingerprint density at radius 1 is 1.13 bits per heavy atom. The largest absolute Gasteiger partial charge is 0.329 e. The number of nitrogens with zero attached hydrogens (tertiary/aromatic N) is 1. The van der Waals surface area contributed by atoms with Crippen molar-refractivity contribution in [2.24, 2.45) is 0 Å². The molecule has 7 nitrogen and oxygen atoms in total. The number of carbonyl (C=O) groups excluding carboxylic acids is 3. The summed E-state index contributed by atoms with van der Waals surface area (Å²) in [5.74, 6) is -6.52. The molecular formula is C21H20F3N3O4. The monoisotopic (exact) mass is 435 g/mol. The van der Waals surface area contributed by atoms with Crippen molar-refractivity contribution in [3.8, 4) is 0 Å². The Kier molecular flexibility index (Phi) is 6.57. The summed E-state index contributed by atoms with van der Waals surface area (Å²) in [6.45, 7) is 1.28. The lowest BCUT2D eigenvalue weighted by Gasteiger charge is -2.22. The number of H-pyrrole nitrogens is 1. The third-order valence-electron chi connectivity index (χ3n) is 4.91. The second-order valence-corrected chi connectivity index (χ2v) is 7.18. The predicted molar refractivity (Wildman–Crippen MR) is 105 cm³/mol. The van der Waals surface area contributed by atoms with Gasteiger partial charge < -0.3 is 15.2 Å².